The summed E-state index contributed by atoms with van der Waals surface area (Å²) in [5.74, 6) is -1.06. The van der Waals surface area contributed by atoms with Crippen molar-refractivity contribution in [1.29, 1.82) is 0 Å². The third-order valence-corrected chi connectivity index (χ3v) is 3.58. The number of aromatic carboxylic acids is 1. The molecular weight excluding hydrogens is 270 g/mol. The maximum Gasteiger partial charge on any atom is 0.358 e. The molecule has 0 spiro atoms. The van der Waals surface area contributed by atoms with Crippen LogP contribution < -0.4 is 4.90 Å². The van der Waals surface area contributed by atoms with Gasteiger partial charge in [0.15, 0.2) is 5.69 Å². The smallest absolute Gasteiger partial charge is 0.358 e. The van der Waals surface area contributed by atoms with Gasteiger partial charge in [-0.25, -0.2) is 4.79 Å². The van der Waals surface area contributed by atoms with Crippen molar-refractivity contribution in [3.63, 3.8) is 0 Å². The molecule has 6 nitrogen and oxygen atoms in total. The van der Waals surface area contributed by atoms with Gasteiger partial charge in [-0.3, -0.25) is 0 Å². The van der Waals surface area contributed by atoms with Crippen LogP contribution in [0.4, 0.5) is 5.69 Å². The highest BCUT2D eigenvalue weighted by atomic mass is 16.5. The van der Waals surface area contributed by atoms with Crippen LogP contribution in [0.2, 0.25) is 0 Å². The number of anilines is 1. The Labute approximate surface area is 122 Å². The van der Waals surface area contributed by atoms with E-state index in [0.717, 1.165) is 5.39 Å². The summed E-state index contributed by atoms with van der Waals surface area (Å²) in [7, 11) is 0. The fraction of sp³-hybridized carbons (Fsp3) is 0.400. The maximum absolute atomic E-state index is 11.5. The highest BCUT2D eigenvalue weighted by Gasteiger charge is 2.28. The number of fused-ring (bicyclic) bond motifs is 1. The lowest BCUT2D eigenvalue weighted by Crippen LogP contribution is -2.46. The van der Waals surface area contributed by atoms with E-state index in [1.807, 2.05) is 43.0 Å². The summed E-state index contributed by atoms with van der Waals surface area (Å²) in [4.78, 5) is 13.6. The highest BCUT2D eigenvalue weighted by Crippen LogP contribution is 2.30. The summed E-state index contributed by atoms with van der Waals surface area (Å²) in [5, 5.41) is 18.1. The summed E-state index contributed by atoms with van der Waals surface area (Å²) in [6, 6.07) is 7.47. The zero-order chi connectivity index (χ0) is 15.0. The van der Waals surface area contributed by atoms with E-state index in [4.69, 9.17) is 4.74 Å². The van der Waals surface area contributed by atoms with Crippen LogP contribution in [0.25, 0.3) is 10.9 Å². The van der Waals surface area contributed by atoms with Crippen molar-refractivity contribution in [1.82, 2.24) is 10.2 Å². The highest BCUT2D eigenvalue weighted by molar-refractivity contribution is 6.02. The van der Waals surface area contributed by atoms with Crippen molar-refractivity contribution in [2.45, 2.75) is 26.1 Å². The molecule has 1 fully saturated rings. The minimum absolute atomic E-state index is 0.00463. The molecule has 1 aromatic carbocycles. The van der Waals surface area contributed by atoms with Gasteiger partial charge in [0.25, 0.3) is 0 Å². The van der Waals surface area contributed by atoms with E-state index in [-0.39, 0.29) is 17.9 Å². The summed E-state index contributed by atoms with van der Waals surface area (Å²) in [6.07, 6.45) is 0.0876. The molecule has 1 aromatic heterocycles. The van der Waals surface area contributed by atoms with Crippen LogP contribution in [0, 0.1) is 0 Å². The number of carboxylic acid groups (broad SMARTS) is 1. The molecule has 0 bridgehead atoms. The fourth-order valence-corrected chi connectivity index (χ4v) is 2.86. The molecule has 2 unspecified atom stereocenters. The molecule has 1 aliphatic heterocycles. The van der Waals surface area contributed by atoms with E-state index in [2.05, 4.69) is 10.2 Å². The number of nitrogens with zero attached hydrogens (tertiary/aromatic N) is 3. The van der Waals surface area contributed by atoms with Gasteiger partial charge in [0.05, 0.1) is 23.4 Å². The number of benzene rings is 1. The van der Waals surface area contributed by atoms with Crippen LogP contribution in [0.15, 0.2) is 24.3 Å². The number of carboxylic acids is 1. The van der Waals surface area contributed by atoms with Crippen LogP contribution in [-0.4, -0.2) is 46.6 Å². The predicted molar refractivity (Wildman–Crippen MR) is 78.7 cm³/mol. The van der Waals surface area contributed by atoms with Crippen LogP contribution >= 0.6 is 0 Å². The van der Waals surface area contributed by atoms with E-state index in [0.29, 0.717) is 24.3 Å². The van der Waals surface area contributed by atoms with E-state index >= 15 is 0 Å². The minimum atomic E-state index is -1.06. The van der Waals surface area contributed by atoms with Crippen molar-refractivity contribution < 1.29 is 14.6 Å². The largest absolute Gasteiger partial charge is 0.476 e. The van der Waals surface area contributed by atoms with Gasteiger partial charge in [0, 0.05) is 18.5 Å². The number of hydrogen-bond acceptors (Lipinski definition) is 5. The molecule has 0 aliphatic carbocycles. The first kappa shape index (κ1) is 13.8. The number of aromatic nitrogens is 2. The van der Waals surface area contributed by atoms with Gasteiger partial charge in [-0.05, 0) is 19.9 Å². The quantitative estimate of drug-likeness (QED) is 0.909. The number of hydrogen-bond donors (Lipinski definition) is 1. The second-order valence-corrected chi connectivity index (χ2v) is 5.38. The topological polar surface area (TPSA) is 75.6 Å². The number of morpholine rings is 1. The lowest BCUT2D eigenvalue weighted by atomic mass is 10.1. The lowest BCUT2D eigenvalue weighted by Gasteiger charge is -2.37. The van der Waals surface area contributed by atoms with Gasteiger partial charge in [0.2, 0.25) is 0 Å². The normalized spacial score (nSPS) is 22.5. The second kappa shape index (κ2) is 5.29. The Morgan fingerprint density at radius 1 is 1.24 bits per heavy atom. The first-order chi connectivity index (χ1) is 10.1. The molecule has 0 radical (unpaired) electrons. The molecule has 2 atom stereocenters. The molecule has 2 aromatic rings. The van der Waals surface area contributed by atoms with Gasteiger partial charge in [-0.15, -0.1) is 10.2 Å². The van der Waals surface area contributed by atoms with Crippen LogP contribution in [-0.2, 0) is 4.74 Å². The third-order valence-electron chi connectivity index (χ3n) is 3.58. The zero-order valence-electron chi connectivity index (χ0n) is 12.0. The molecule has 6 heteroatoms. The van der Waals surface area contributed by atoms with E-state index < -0.39 is 5.97 Å². The van der Waals surface area contributed by atoms with Crippen LogP contribution in [0.3, 0.4) is 0 Å². The lowest BCUT2D eigenvalue weighted by molar-refractivity contribution is -0.00526. The van der Waals surface area contributed by atoms with Gasteiger partial charge in [-0.1, -0.05) is 18.2 Å². The average Bonchev–Trinajstić information content (AvgIpc) is 2.44. The van der Waals surface area contributed by atoms with Crippen LogP contribution in [0.5, 0.6) is 0 Å². The average molecular weight is 287 g/mol. The SMILES string of the molecule is CC1CN(c2c(C(=O)O)nnc3ccccc23)CC(C)O1. The van der Waals surface area contributed by atoms with Gasteiger partial charge in [-0.2, -0.15) is 0 Å². The Morgan fingerprint density at radius 3 is 2.57 bits per heavy atom. The van der Waals surface area contributed by atoms with Gasteiger partial charge in [0.1, 0.15) is 0 Å². The van der Waals surface area contributed by atoms with Crippen molar-refractivity contribution >= 4 is 22.6 Å². The Balaban J connectivity index is 2.18. The van der Waals surface area contributed by atoms with E-state index in [9.17, 15) is 9.90 Å². The van der Waals surface area contributed by atoms with Gasteiger partial charge < -0.3 is 14.7 Å². The Kier molecular flexibility index (Phi) is 3.47. The maximum atomic E-state index is 11.5. The van der Waals surface area contributed by atoms with Gasteiger partial charge >= 0.3 is 5.97 Å². The second-order valence-electron chi connectivity index (χ2n) is 5.38. The minimum Gasteiger partial charge on any atom is -0.476 e. The fourth-order valence-electron chi connectivity index (χ4n) is 2.86. The molecule has 0 saturated carbocycles. The number of rotatable bonds is 2. The third kappa shape index (κ3) is 2.54. The molecule has 2 heterocycles. The Morgan fingerprint density at radius 2 is 1.90 bits per heavy atom. The monoisotopic (exact) mass is 287 g/mol. The predicted octanol–water partition coefficient (Wildman–Crippen LogP) is 1.94. The summed E-state index contributed by atoms with van der Waals surface area (Å²) in [5.41, 5.74) is 1.33. The summed E-state index contributed by atoms with van der Waals surface area (Å²) >= 11 is 0. The Bertz CT molecular complexity index is 679. The van der Waals surface area contributed by atoms with Crippen molar-refractivity contribution in [3.8, 4) is 0 Å². The van der Waals surface area contributed by atoms with E-state index in [1.54, 1.807) is 0 Å². The van der Waals surface area contributed by atoms with Crippen molar-refractivity contribution in [2.75, 3.05) is 18.0 Å². The molecule has 110 valence electrons. The standard InChI is InChI=1S/C15H17N3O3/c1-9-7-18(8-10(2)21-9)14-11-5-3-4-6-12(11)16-17-13(14)15(19)20/h3-6,9-10H,7-8H2,1-2H3,(H,19,20). The first-order valence-corrected chi connectivity index (χ1v) is 6.95. The number of carbonyl (C=O) groups is 1. The molecule has 1 aliphatic rings. The van der Waals surface area contributed by atoms with Crippen LogP contribution in [0.1, 0.15) is 24.3 Å². The Hall–Kier alpha value is -2.21. The first-order valence-electron chi connectivity index (χ1n) is 6.95. The molecular formula is C15H17N3O3. The molecule has 21 heavy (non-hydrogen) atoms. The van der Waals surface area contributed by atoms with E-state index in [1.165, 1.54) is 0 Å². The summed E-state index contributed by atoms with van der Waals surface area (Å²) in [6.45, 7) is 5.25. The molecule has 1 N–H and O–H groups in total. The van der Waals surface area contributed by atoms with Crippen molar-refractivity contribution in [3.05, 3.63) is 30.0 Å². The molecule has 1 saturated heterocycles. The zero-order valence-corrected chi connectivity index (χ0v) is 12.0. The van der Waals surface area contributed by atoms with Crippen molar-refractivity contribution in [2.24, 2.45) is 0 Å². The summed E-state index contributed by atoms with van der Waals surface area (Å²) < 4.78 is 5.73. The number of ether oxygens (including phenoxy) is 1. The molecule has 0 amide bonds. The molecule has 3 rings (SSSR count).